The van der Waals surface area contributed by atoms with Crippen molar-refractivity contribution in [3.05, 3.63) is 70.3 Å². The van der Waals surface area contributed by atoms with Crippen LogP contribution >= 0.6 is 11.6 Å². The van der Waals surface area contributed by atoms with Gasteiger partial charge in [-0.2, -0.15) is 0 Å². The number of hydrogen-bond donors (Lipinski definition) is 1. The van der Waals surface area contributed by atoms with Gasteiger partial charge in [0.15, 0.2) is 0 Å². The van der Waals surface area contributed by atoms with Crippen molar-refractivity contribution in [2.75, 3.05) is 70.9 Å². The molecule has 2 aromatic rings. The first kappa shape index (κ1) is 40.1. The van der Waals surface area contributed by atoms with Crippen molar-refractivity contribution in [2.45, 2.75) is 82.8 Å². The maximum Gasteiger partial charge on any atom is 0.264 e. The van der Waals surface area contributed by atoms with E-state index in [1.54, 1.807) is 19.9 Å². The number of nitrogens with zero attached hydrogens (tertiary/aromatic N) is 4. The normalized spacial score (nSPS) is 31.3. The Kier molecular flexibility index (Phi) is 12.2. The van der Waals surface area contributed by atoms with Crippen molar-refractivity contribution in [1.29, 1.82) is 0 Å². The number of piperazine rings is 2. The summed E-state index contributed by atoms with van der Waals surface area (Å²) in [5, 5.41) is -0.0981. The molecule has 2 bridgehead atoms. The van der Waals surface area contributed by atoms with Crippen LogP contribution in [0.3, 0.4) is 0 Å². The number of amides is 2. The minimum absolute atomic E-state index is 0.132. The Labute approximate surface area is 332 Å². The average molecular weight is 796 g/mol. The van der Waals surface area contributed by atoms with Crippen LogP contribution in [0.15, 0.2) is 48.6 Å². The summed E-state index contributed by atoms with van der Waals surface area (Å²) < 4.78 is 42.9. The molecule has 2 aromatic carbocycles. The van der Waals surface area contributed by atoms with Gasteiger partial charge in [0.05, 0.1) is 10.9 Å². The molecule has 4 aliphatic heterocycles. The van der Waals surface area contributed by atoms with Crippen LogP contribution < -0.4 is 14.4 Å². The van der Waals surface area contributed by atoms with Crippen molar-refractivity contribution in [2.24, 2.45) is 17.8 Å². The Bertz CT molecular complexity index is 1880. The minimum atomic E-state index is -3.98. The second-order valence-electron chi connectivity index (χ2n) is 16.6. The quantitative estimate of drug-likeness (QED) is 0.411. The molecule has 2 saturated heterocycles. The van der Waals surface area contributed by atoms with Gasteiger partial charge in [-0.1, -0.05) is 36.7 Å². The first-order chi connectivity index (χ1) is 26.4. The van der Waals surface area contributed by atoms with Crippen LogP contribution in [-0.2, 0) is 32.6 Å². The first-order valence-electron chi connectivity index (χ1n) is 20.2. The summed E-state index contributed by atoms with van der Waals surface area (Å²) in [6, 6.07) is 11.5. The summed E-state index contributed by atoms with van der Waals surface area (Å²) in [5.74, 6) is 0.430. The maximum absolute atomic E-state index is 13.7. The SMILES string of the molecule is CO[C@]1(CN2CCN3CCN(C(C)=O)C[C@@H]3C2)/C=C/C[C@H](C)[C@@H](C)S(=O)(=O)NC(=O)c2ccc3c(c2)N(CCCCc2cc(Cl)ccc2CO3)C[C@@H]2CC[C@H]21. The molecule has 13 heteroatoms. The van der Waals surface area contributed by atoms with E-state index in [0.29, 0.717) is 36.3 Å². The molecule has 55 heavy (non-hydrogen) atoms. The highest BCUT2D eigenvalue weighted by Crippen LogP contribution is 2.47. The molecule has 5 aliphatic rings. The van der Waals surface area contributed by atoms with E-state index in [4.69, 9.17) is 21.1 Å². The van der Waals surface area contributed by atoms with Gasteiger partial charge in [0, 0.05) is 89.6 Å². The number of allylic oxidation sites excluding steroid dienone is 1. The standard InChI is InChI=1S/C42H58ClN5O6S/c1-29-8-7-16-42(53-4,28-45-18-19-46-20-21-47(31(3)49)26-37(46)25-45)38-14-11-34(38)24-48-17-6-5-9-32-22-36(43)13-10-35(32)27-54-40-15-12-33(23-39(40)48)41(50)44-55(51,52)30(29)2/h7,10,12-13,15-16,22-23,29-30,34,37-38H,5-6,8-9,11,14,17-21,24-28H2,1-4H3,(H,44,50)/b16-7+/t29-,30+,34-,37-,38+,42-/m0/s1. The van der Waals surface area contributed by atoms with Crippen LogP contribution in [0.1, 0.15) is 74.4 Å². The van der Waals surface area contributed by atoms with E-state index in [1.165, 1.54) is 5.56 Å². The van der Waals surface area contributed by atoms with Gasteiger partial charge in [-0.15, -0.1) is 0 Å². The summed E-state index contributed by atoms with van der Waals surface area (Å²) in [7, 11) is -2.16. The Hall–Kier alpha value is -3.16. The number of methoxy groups -OCH3 is 1. The number of halogens is 1. The third-order valence-electron chi connectivity index (χ3n) is 13.2. The molecule has 3 fully saturated rings. The molecule has 300 valence electrons. The molecular formula is C42H58ClN5O6S. The number of ether oxygens (including phenoxy) is 2. The molecule has 0 unspecified atom stereocenters. The second kappa shape index (κ2) is 16.7. The molecule has 7 rings (SSSR count). The number of sulfonamides is 1. The molecule has 0 radical (unpaired) electrons. The van der Waals surface area contributed by atoms with Gasteiger partial charge in [-0.3, -0.25) is 19.4 Å². The fourth-order valence-electron chi connectivity index (χ4n) is 9.43. The smallest absolute Gasteiger partial charge is 0.264 e. The second-order valence-corrected chi connectivity index (χ2v) is 19.1. The summed E-state index contributed by atoms with van der Waals surface area (Å²) in [6.45, 7) is 13.0. The third-order valence-corrected chi connectivity index (χ3v) is 15.4. The van der Waals surface area contributed by atoms with Crippen molar-refractivity contribution >= 4 is 39.1 Å². The number of fused-ring (bicyclic) bond motifs is 4. The van der Waals surface area contributed by atoms with Crippen LogP contribution in [0.25, 0.3) is 0 Å². The van der Waals surface area contributed by atoms with Crippen LogP contribution in [0.5, 0.6) is 5.75 Å². The molecule has 1 saturated carbocycles. The van der Waals surface area contributed by atoms with Crippen molar-refractivity contribution in [3.8, 4) is 5.75 Å². The Balaban J connectivity index is 1.23. The van der Waals surface area contributed by atoms with Crippen LogP contribution in [0, 0.1) is 17.8 Å². The molecule has 0 spiro atoms. The average Bonchev–Trinajstić information content (AvgIpc) is 3.18. The van der Waals surface area contributed by atoms with Crippen molar-refractivity contribution in [1.82, 2.24) is 19.4 Å². The number of anilines is 1. The Morgan fingerprint density at radius 3 is 2.58 bits per heavy atom. The largest absolute Gasteiger partial charge is 0.487 e. The first-order valence-corrected chi connectivity index (χ1v) is 22.1. The highest BCUT2D eigenvalue weighted by Gasteiger charge is 2.49. The zero-order valence-corrected chi connectivity index (χ0v) is 34.4. The molecule has 6 atom stereocenters. The van der Waals surface area contributed by atoms with E-state index in [-0.39, 0.29) is 29.3 Å². The Morgan fingerprint density at radius 2 is 1.82 bits per heavy atom. The lowest BCUT2D eigenvalue weighted by molar-refractivity contribution is -0.134. The van der Waals surface area contributed by atoms with Gasteiger partial charge < -0.3 is 19.3 Å². The topological polar surface area (TPSA) is 112 Å². The summed E-state index contributed by atoms with van der Waals surface area (Å²) >= 11 is 6.41. The number of rotatable bonds is 3. The maximum atomic E-state index is 13.7. The molecular weight excluding hydrogens is 738 g/mol. The predicted molar refractivity (Wildman–Crippen MR) is 216 cm³/mol. The number of carbonyl (C=O) groups excluding carboxylic acids is 2. The summed E-state index contributed by atoms with van der Waals surface area (Å²) in [4.78, 5) is 35.3. The van der Waals surface area contributed by atoms with Gasteiger partial charge in [0.25, 0.3) is 5.91 Å². The highest BCUT2D eigenvalue weighted by molar-refractivity contribution is 7.90. The molecule has 4 heterocycles. The zero-order valence-electron chi connectivity index (χ0n) is 32.8. The molecule has 11 nitrogen and oxygen atoms in total. The molecule has 2 amide bonds. The van der Waals surface area contributed by atoms with Crippen molar-refractivity contribution < 1.29 is 27.5 Å². The molecule has 0 aromatic heterocycles. The highest BCUT2D eigenvalue weighted by atomic mass is 35.5. The van der Waals surface area contributed by atoms with E-state index >= 15 is 0 Å². The number of benzene rings is 2. The van der Waals surface area contributed by atoms with Crippen LogP contribution in [0.2, 0.25) is 5.02 Å². The number of hydrogen-bond acceptors (Lipinski definition) is 9. The van der Waals surface area contributed by atoms with Gasteiger partial charge in [-0.25, -0.2) is 13.1 Å². The third kappa shape index (κ3) is 8.73. The zero-order chi connectivity index (χ0) is 38.9. The monoisotopic (exact) mass is 795 g/mol. The van der Waals surface area contributed by atoms with Crippen LogP contribution in [-0.4, -0.2) is 118 Å². The van der Waals surface area contributed by atoms with Crippen molar-refractivity contribution in [3.63, 3.8) is 0 Å². The Morgan fingerprint density at radius 1 is 1.00 bits per heavy atom. The number of carbonyl (C=O) groups is 2. The van der Waals surface area contributed by atoms with E-state index < -0.39 is 26.8 Å². The minimum Gasteiger partial charge on any atom is -0.487 e. The lowest BCUT2D eigenvalue weighted by atomic mass is 9.63. The number of aryl methyl sites for hydroxylation is 1. The van der Waals surface area contributed by atoms with E-state index in [9.17, 15) is 18.0 Å². The molecule has 1 N–H and O–H groups in total. The predicted octanol–water partition coefficient (Wildman–Crippen LogP) is 5.37. The van der Waals surface area contributed by atoms with E-state index in [1.807, 2.05) is 49.3 Å². The van der Waals surface area contributed by atoms with Gasteiger partial charge in [-0.05, 0) is 105 Å². The fourth-order valence-corrected chi connectivity index (χ4v) is 10.9. The van der Waals surface area contributed by atoms with E-state index in [2.05, 4.69) is 31.6 Å². The lowest BCUT2D eigenvalue weighted by Crippen LogP contribution is -2.65. The summed E-state index contributed by atoms with van der Waals surface area (Å²) in [5.41, 5.74) is 2.74. The van der Waals surface area contributed by atoms with Crippen LogP contribution in [0.4, 0.5) is 5.69 Å². The molecule has 1 aliphatic carbocycles. The fraction of sp³-hybridized carbons (Fsp3) is 0.619. The van der Waals surface area contributed by atoms with Gasteiger partial charge in [0.1, 0.15) is 18.0 Å². The number of nitrogens with one attached hydrogen (secondary N) is 1. The van der Waals surface area contributed by atoms with Gasteiger partial charge in [0.2, 0.25) is 15.9 Å². The van der Waals surface area contributed by atoms with Gasteiger partial charge >= 0.3 is 0 Å². The van der Waals surface area contributed by atoms with E-state index in [0.717, 1.165) is 95.7 Å². The summed E-state index contributed by atoms with van der Waals surface area (Å²) in [6.07, 6.45) is 9.69. The lowest BCUT2D eigenvalue weighted by Gasteiger charge is -2.53.